The fourth-order valence-corrected chi connectivity index (χ4v) is 3.73. The Morgan fingerprint density at radius 3 is 2.51 bits per heavy atom. The van der Waals surface area contributed by atoms with E-state index in [1.165, 1.54) is 12.1 Å². The number of aromatic hydroxyl groups is 1. The lowest BCUT2D eigenvalue weighted by Crippen LogP contribution is -2.43. The van der Waals surface area contributed by atoms with E-state index in [-0.39, 0.29) is 23.7 Å². The predicted molar refractivity (Wildman–Crippen MR) is 126 cm³/mol. The molecule has 2 aromatic carbocycles. The third-order valence-corrected chi connectivity index (χ3v) is 5.40. The van der Waals surface area contributed by atoms with Crippen LogP contribution in [0.1, 0.15) is 50.6 Å². The second-order valence-electron chi connectivity index (χ2n) is 7.83. The Morgan fingerprint density at radius 1 is 1.00 bits per heavy atom. The number of phenols is 1. The minimum absolute atomic E-state index is 0.0425. The minimum atomic E-state index is -0.623. The molecule has 0 bridgehead atoms. The van der Waals surface area contributed by atoms with Crippen LogP contribution < -0.4 is 21.0 Å². The quantitative estimate of drug-likeness (QED) is 0.403. The molecule has 3 aromatic rings. The normalized spacial score (nSPS) is 13.6. The van der Waals surface area contributed by atoms with Gasteiger partial charge in [-0.05, 0) is 44.0 Å². The zero-order valence-electron chi connectivity index (χ0n) is 19.0. The summed E-state index contributed by atoms with van der Waals surface area (Å²) in [5.41, 5.74) is 8.95. The molecule has 0 saturated carbocycles. The van der Waals surface area contributed by atoms with Crippen LogP contribution in [0.5, 0.6) is 11.5 Å². The Morgan fingerprint density at radius 2 is 1.74 bits per heavy atom. The molecular formula is C25H24N4O6. The molecule has 180 valence electrons. The highest BCUT2D eigenvalue weighted by Crippen LogP contribution is 2.30. The number of hydrazone groups is 1. The maximum Gasteiger partial charge on any atom is 0.305 e. The van der Waals surface area contributed by atoms with Gasteiger partial charge in [-0.2, -0.15) is 5.10 Å². The first-order valence-electron chi connectivity index (χ1n) is 11.0. The summed E-state index contributed by atoms with van der Waals surface area (Å²) in [6.07, 6.45) is 1.90. The summed E-state index contributed by atoms with van der Waals surface area (Å²) in [5, 5.41) is 14.1. The lowest BCUT2D eigenvalue weighted by molar-refractivity contribution is -0.123. The van der Waals surface area contributed by atoms with Gasteiger partial charge in [-0.1, -0.05) is 30.3 Å². The number of nitrogens with one attached hydrogen (secondary N) is 3. The van der Waals surface area contributed by atoms with Gasteiger partial charge in [-0.3, -0.25) is 25.2 Å². The van der Waals surface area contributed by atoms with Gasteiger partial charge >= 0.3 is 5.91 Å². The number of phenolic OH excluding ortho intramolecular Hbond substituents is 1. The molecule has 1 heterocycles. The zero-order chi connectivity index (χ0) is 24.8. The van der Waals surface area contributed by atoms with Crippen molar-refractivity contribution in [2.24, 2.45) is 5.10 Å². The van der Waals surface area contributed by atoms with Crippen LogP contribution in [-0.2, 0) is 11.2 Å². The molecule has 0 radical (unpaired) electrons. The number of rotatable bonds is 6. The van der Waals surface area contributed by atoms with Crippen LogP contribution in [0.3, 0.4) is 0 Å². The van der Waals surface area contributed by atoms with E-state index in [1.807, 2.05) is 6.07 Å². The second kappa shape index (κ2) is 10.6. The Balaban J connectivity index is 1.40. The molecule has 1 aromatic heterocycles. The number of hydrogen-bond acceptors (Lipinski definition) is 7. The van der Waals surface area contributed by atoms with E-state index < -0.39 is 17.7 Å². The number of carbonyl (C=O) groups excluding carboxylic acids is 3. The fourth-order valence-electron chi connectivity index (χ4n) is 3.73. The van der Waals surface area contributed by atoms with E-state index in [0.29, 0.717) is 41.2 Å². The molecule has 0 saturated heterocycles. The highest BCUT2D eigenvalue weighted by Gasteiger charge is 2.28. The van der Waals surface area contributed by atoms with Crippen molar-refractivity contribution in [3.8, 4) is 11.5 Å². The molecule has 10 nitrogen and oxygen atoms in total. The monoisotopic (exact) mass is 476 g/mol. The number of carbonyl (C=O) groups is 3. The van der Waals surface area contributed by atoms with Gasteiger partial charge in [0.15, 0.2) is 12.4 Å². The van der Waals surface area contributed by atoms with Gasteiger partial charge in [-0.25, -0.2) is 5.43 Å². The van der Waals surface area contributed by atoms with Crippen LogP contribution in [0, 0.1) is 6.92 Å². The molecule has 4 rings (SSSR count). The molecule has 0 spiro atoms. The number of para-hydroxylation sites is 2. The number of ether oxygens (including phenoxy) is 1. The topological polar surface area (TPSA) is 142 Å². The number of hydrazine groups is 1. The molecule has 10 heteroatoms. The molecular weight excluding hydrogens is 452 g/mol. The number of benzene rings is 2. The van der Waals surface area contributed by atoms with Crippen molar-refractivity contribution in [1.82, 2.24) is 16.3 Å². The Hall–Kier alpha value is -4.60. The highest BCUT2D eigenvalue weighted by atomic mass is 16.5. The smallest absolute Gasteiger partial charge is 0.305 e. The van der Waals surface area contributed by atoms with E-state index >= 15 is 0 Å². The van der Waals surface area contributed by atoms with Crippen molar-refractivity contribution >= 4 is 23.4 Å². The third-order valence-electron chi connectivity index (χ3n) is 5.40. The fraction of sp³-hybridized carbons (Fsp3) is 0.200. The molecule has 0 aliphatic heterocycles. The molecule has 3 amide bonds. The largest absolute Gasteiger partial charge is 0.507 e. The van der Waals surface area contributed by atoms with E-state index in [2.05, 4.69) is 21.4 Å². The molecule has 0 atom stereocenters. The third kappa shape index (κ3) is 5.49. The van der Waals surface area contributed by atoms with Crippen molar-refractivity contribution in [1.29, 1.82) is 0 Å². The summed E-state index contributed by atoms with van der Waals surface area (Å²) in [7, 11) is 0. The highest BCUT2D eigenvalue weighted by molar-refractivity contribution is 6.07. The van der Waals surface area contributed by atoms with Gasteiger partial charge < -0.3 is 14.3 Å². The van der Waals surface area contributed by atoms with Gasteiger partial charge in [-0.15, -0.1) is 0 Å². The average Bonchev–Trinajstić information content (AvgIpc) is 3.22. The van der Waals surface area contributed by atoms with Crippen molar-refractivity contribution in [2.75, 3.05) is 6.61 Å². The molecule has 0 fully saturated rings. The van der Waals surface area contributed by atoms with Crippen LogP contribution >= 0.6 is 0 Å². The van der Waals surface area contributed by atoms with E-state index in [1.54, 1.807) is 43.3 Å². The van der Waals surface area contributed by atoms with Gasteiger partial charge in [0.05, 0.1) is 11.3 Å². The summed E-state index contributed by atoms with van der Waals surface area (Å²) < 4.78 is 11.1. The van der Waals surface area contributed by atoms with Crippen LogP contribution in [-0.4, -0.2) is 35.1 Å². The van der Waals surface area contributed by atoms with Gasteiger partial charge in [0.2, 0.25) is 0 Å². The Kier molecular flexibility index (Phi) is 7.10. The van der Waals surface area contributed by atoms with Gasteiger partial charge in [0.1, 0.15) is 17.3 Å². The molecule has 1 aliphatic rings. The number of amides is 3. The van der Waals surface area contributed by atoms with E-state index in [4.69, 9.17) is 9.15 Å². The summed E-state index contributed by atoms with van der Waals surface area (Å²) in [6.45, 7) is 1.44. The number of hydrogen-bond donors (Lipinski definition) is 4. The van der Waals surface area contributed by atoms with Crippen LogP contribution in [0.4, 0.5) is 0 Å². The van der Waals surface area contributed by atoms with Gasteiger partial charge in [0.25, 0.3) is 11.8 Å². The first-order chi connectivity index (χ1) is 16.9. The number of furan rings is 1. The first-order valence-corrected chi connectivity index (χ1v) is 11.0. The molecule has 35 heavy (non-hydrogen) atoms. The summed E-state index contributed by atoms with van der Waals surface area (Å²) in [4.78, 5) is 37.1. The van der Waals surface area contributed by atoms with Crippen LogP contribution in [0.15, 0.2) is 64.1 Å². The summed E-state index contributed by atoms with van der Waals surface area (Å²) in [6, 6.07) is 15.0. The summed E-state index contributed by atoms with van der Waals surface area (Å²) in [5.74, 6) is -0.710. The Labute approximate surface area is 200 Å². The number of fused-ring (bicyclic) bond motifs is 1. The zero-order valence-corrected chi connectivity index (χ0v) is 19.0. The maximum atomic E-state index is 12.7. The molecule has 0 unspecified atom stereocenters. The maximum absolute atomic E-state index is 12.7. The predicted octanol–water partition coefficient (Wildman–Crippen LogP) is 2.60. The van der Waals surface area contributed by atoms with Crippen molar-refractivity contribution in [3.05, 3.63) is 82.8 Å². The van der Waals surface area contributed by atoms with E-state index in [9.17, 15) is 19.5 Å². The van der Waals surface area contributed by atoms with Crippen LogP contribution in [0.2, 0.25) is 0 Å². The second-order valence-corrected chi connectivity index (χ2v) is 7.83. The van der Waals surface area contributed by atoms with Crippen molar-refractivity contribution in [3.63, 3.8) is 0 Å². The standard InChI is InChI=1S/C25H24N4O6/c1-15-22-18(26-28-24(32)17-10-5-6-12-19(17)30)11-7-13-20(22)35-23(15)25(33)29-27-21(31)14-34-16-8-3-2-4-9-16/h2-6,8-10,12,30H,7,11,13-14H2,1H3,(H,27,31)(H,28,32)(H,29,33)/b26-18+. The minimum Gasteiger partial charge on any atom is -0.507 e. The van der Waals surface area contributed by atoms with E-state index in [0.717, 1.165) is 6.42 Å². The lowest BCUT2D eigenvalue weighted by atomic mass is 9.93. The molecule has 4 N–H and O–H groups in total. The van der Waals surface area contributed by atoms with Crippen molar-refractivity contribution < 1.29 is 28.6 Å². The molecule has 1 aliphatic carbocycles. The van der Waals surface area contributed by atoms with Crippen LogP contribution in [0.25, 0.3) is 0 Å². The summed E-state index contributed by atoms with van der Waals surface area (Å²) >= 11 is 0. The lowest BCUT2D eigenvalue weighted by Gasteiger charge is -2.13. The first kappa shape index (κ1) is 23.6. The number of nitrogens with zero attached hydrogens (tertiary/aromatic N) is 1. The van der Waals surface area contributed by atoms with Gasteiger partial charge in [0, 0.05) is 17.5 Å². The SMILES string of the molecule is Cc1c(C(=O)NNC(=O)COc2ccccc2)oc2c1/C(=N/NC(=O)c1ccccc1O)CCC2. The average molecular weight is 476 g/mol. The van der Waals surface area contributed by atoms with Crippen molar-refractivity contribution in [2.45, 2.75) is 26.2 Å². The Bertz CT molecular complexity index is 1280. The number of aryl methyl sites for hydroxylation is 1.